The van der Waals surface area contributed by atoms with Crippen LogP contribution in [0, 0.1) is 11.3 Å². The molecule has 0 aromatic carbocycles. The van der Waals surface area contributed by atoms with Crippen molar-refractivity contribution in [3.05, 3.63) is 29.0 Å². The van der Waals surface area contributed by atoms with E-state index in [-0.39, 0.29) is 0 Å². The van der Waals surface area contributed by atoms with Crippen LogP contribution in [0.1, 0.15) is 18.4 Å². The molecule has 3 heteroatoms. The van der Waals surface area contributed by atoms with Gasteiger partial charge in [0.05, 0.1) is 5.02 Å². The van der Waals surface area contributed by atoms with E-state index in [4.69, 9.17) is 11.6 Å². The van der Waals surface area contributed by atoms with E-state index in [9.17, 15) is 0 Å². The molecule has 2 nitrogen and oxygen atoms in total. The third-order valence-electron chi connectivity index (χ3n) is 3.73. The Bertz CT molecular complexity index is 366. The van der Waals surface area contributed by atoms with Gasteiger partial charge in [-0.15, -0.1) is 0 Å². The van der Waals surface area contributed by atoms with E-state index in [1.54, 1.807) is 6.20 Å². The smallest absolute Gasteiger partial charge is 0.0592 e. The number of hydrogen-bond donors (Lipinski definition) is 1. The summed E-state index contributed by atoms with van der Waals surface area (Å²) in [4.78, 5) is 4.12. The highest BCUT2D eigenvalue weighted by atomic mass is 35.5. The Hall–Kier alpha value is -0.600. The van der Waals surface area contributed by atoms with Gasteiger partial charge in [-0.2, -0.15) is 0 Å². The van der Waals surface area contributed by atoms with E-state index in [2.05, 4.69) is 10.3 Å². The van der Waals surface area contributed by atoms with Gasteiger partial charge in [-0.1, -0.05) is 11.6 Å². The van der Waals surface area contributed by atoms with Crippen molar-refractivity contribution in [2.24, 2.45) is 11.3 Å². The number of nitrogens with zero attached hydrogens (tertiary/aromatic N) is 1. The van der Waals surface area contributed by atoms with Crippen molar-refractivity contribution < 1.29 is 0 Å². The predicted molar refractivity (Wildman–Crippen MR) is 61.0 cm³/mol. The summed E-state index contributed by atoms with van der Waals surface area (Å²) in [6.45, 7) is 2.47. The third-order valence-corrected chi connectivity index (χ3v) is 3.94. The van der Waals surface area contributed by atoms with E-state index in [1.807, 2.05) is 12.3 Å². The minimum absolute atomic E-state index is 0.677. The molecular formula is C12H15ClN2. The van der Waals surface area contributed by atoms with Gasteiger partial charge in [-0.05, 0) is 42.2 Å². The molecule has 0 atom stereocenters. The zero-order valence-electron chi connectivity index (χ0n) is 8.67. The fourth-order valence-corrected chi connectivity index (χ4v) is 3.17. The quantitative estimate of drug-likeness (QED) is 0.831. The SMILES string of the molecule is Clc1cncc(CC2CC3(CNC3)C2)c1. The van der Waals surface area contributed by atoms with E-state index in [1.165, 1.54) is 31.5 Å². The summed E-state index contributed by atoms with van der Waals surface area (Å²) in [5, 5.41) is 4.12. The van der Waals surface area contributed by atoms with E-state index in [0.717, 1.165) is 17.4 Å². The number of halogens is 1. The van der Waals surface area contributed by atoms with Crippen LogP contribution in [-0.2, 0) is 6.42 Å². The molecule has 0 bridgehead atoms. The van der Waals surface area contributed by atoms with E-state index >= 15 is 0 Å². The fourth-order valence-electron chi connectivity index (χ4n) is 2.98. The summed E-state index contributed by atoms with van der Waals surface area (Å²) >= 11 is 5.91. The van der Waals surface area contributed by atoms with Crippen molar-refractivity contribution >= 4 is 11.6 Å². The fraction of sp³-hybridized carbons (Fsp3) is 0.583. The van der Waals surface area contributed by atoms with Gasteiger partial charge in [0.2, 0.25) is 0 Å². The summed E-state index contributed by atoms with van der Waals surface area (Å²) in [7, 11) is 0. The maximum Gasteiger partial charge on any atom is 0.0592 e. The molecular weight excluding hydrogens is 208 g/mol. The second-order valence-electron chi connectivity index (χ2n) is 5.09. The van der Waals surface area contributed by atoms with Crippen LogP contribution in [0.4, 0.5) is 0 Å². The van der Waals surface area contributed by atoms with Crippen molar-refractivity contribution in [1.29, 1.82) is 0 Å². The molecule has 0 unspecified atom stereocenters. The molecule has 1 N–H and O–H groups in total. The lowest BCUT2D eigenvalue weighted by Gasteiger charge is -2.54. The number of hydrogen-bond acceptors (Lipinski definition) is 2. The molecule has 80 valence electrons. The van der Waals surface area contributed by atoms with Gasteiger partial charge in [0.1, 0.15) is 0 Å². The molecule has 1 aliphatic carbocycles. The van der Waals surface area contributed by atoms with Crippen molar-refractivity contribution in [3.63, 3.8) is 0 Å². The lowest BCUT2D eigenvalue weighted by molar-refractivity contribution is 0.000863. The maximum atomic E-state index is 5.91. The first-order valence-electron chi connectivity index (χ1n) is 5.56. The first-order valence-corrected chi connectivity index (χ1v) is 5.94. The van der Waals surface area contributed by atoms with Crippen molar-refractivity contribution in [3.8, 4) is 0 Å². The zero-order valence-corrected chi connectivity index (χ0v) is 9.43. The molecule has 15 heavy (non-hydrogen) atoms. The minimum atomic E-state index is 0.677. The molecule has 1 aromatic heterocycles. The molecule has 0 radical (unpaired) electrons. The van der Waals surface area contributed by atoms with Crippen molar-refractivity contribution in [2.45, 2.75) is 19.3 Å². The van der Waals surface area contributed by atoms with Gasteiger partial charge < -0.3 is 5.32 Å². The van der Waals surface area contributed by atoms with Gasteiger partial charge in [-0.3, -0.25) is 4.98 Å². The number of aromatic nitrogens is 1. The number of nitrogens with one attached hydrogen (secondary N) is 1. The van der Waals surface area contributed by atoms with Gasteiger partial charge >= 0.3 is 0 Å². The monoisotopic (exact) mass is 222 g/mol. The summed E-state index contributed by atoms with van der Waals surface area (Å²) in [5.41, 5.74) is 1.96. The van der Waals surface area contributed by atoms with Gasteiger partial charge in [0.25, 0.3) is 0 Å². The van der Waals surface area contributed by atoms with Crippen LogP contribution in [0.5, 0.6) is 0 Å². The average molecular weight is 223 g/mol. The highest BCUT2D eigenvalue weighted by molar-refractivity contribution is 6.30. The number of rotatable bonds is 2. The Kier molecular flexibility index (Phi) is 2.22. The van der Waals surface area contributed by atoms with E-state index < -0.39 is 0 Å². The molecule has 1 spiro atoms. The topological polar surface area (TPSA) is 24.9 Å². The summed E-state index contributed by atoms with van der Waals surface area (Å²) in [6, 6.07) is 2.04. The molecule has 2 heterocycles. The van der Waals surface area contributed by atoms with Crippen molar-refractivity contribution in [2.75, 3.05) is 13.1 Å². The molecule has 1 aliphatic heterocycles. The Morgan fingerprint density at radius 3 is 2.80 bits per heavy atom. The highest BCUT2D eigenvalue weighted by Gasteiger charge is 2.47. The first kappa shape index (κ1) is 9.61. The molecule has 1 saturated carbocycles. The van der Waals surface area contributed by atoms with Crippen LogP contribution in [0.3, 0.4) is 0 Å². The largest absolute Gasteiger partial charge is 0.316 e. The molecule has 2 aliphatic rings. The third kappa shape index (κ3) is 1.77. The van der Waals surface area contributed by atoms with Crippen LogP contribution in [0.15, 0.2) is 18.5 Å². The summed E-state index contributed by atoms with van der Waals surface area (Å²) in [5.74, 6) is 0.854. The Morgan fingerprint density at radius 2 is 2.20 bits per heavy atom. The molecule has 2 fully saturated rings. The predicted octanol–water partition coefficient (Wildman–Crippen LogP) is 2.28. The second kappa shape index (κ2) is 3.46. The standard InChI is InChI=1S/C12H15ClN2/c13-11-2-9(5-14-6-11)1-10-3-12(4-10)7-15-8-12/h2,5-6,10,15H,1,3-4,7-8H2. The van der Waals surface area contributed by atoms with Gasteiger partial charge in [-0.25, -0.2) is 0 Å². The van der Waals surface area contributed by atoms with E-state index in [0.29, 0.717) is 5.41 Å². The lowest BCUT2D eigenvalue weighted by Crippen LogP contribution is -2.60. The molecule has 3 rings (SSSR count). The molecule has 1 saturated heterocycles. The van der Waals surface area contributed by atoms with Crippen LogP contribution in [0.25, 0.3) is 0 Å². The lowest BCUT2D eigenvalue weighted by atomic mass is 9.57. The van der Waals surface area contributed by atoms with Gasteiger partial charge in [0.15, 0.2) is 0 Å². The zero-order chi connectivity index (χ0) is 10.3. The summed E-state index contributed by atoms with van der Waals surface area (Å²) in [6.07, 6.45) is 7.55. The van der Waals surface area contributed by atoms with Crippen LogP contribution in [0.2, 0.25) is 5.02 Å². The van der Waals surface area contributed by atoms with Crippen LogP contribution in [-0.4, -0.2) is 18.1 Å². The summed E-state index contributed by atoms with van der Waals surface area (Å²) < 4.78 is 0. The molecule has 0 amide bonds. The van der Waals surface area contributed by atoms with Crippen LogP contribution < -0.4 is 5.32 Å². The second-order valence-corrected chi connectivity index (χ2v) is 5.53. The minimum Gasteiger partial charge on any atom is -0.316 e. The molecule has 1 aromatic rings. The normalized spacial score (nSPS) is 23.5. The Balaban J connectivity index is 1.58. The Labute approximate surface area is 95.0 Å². The van der Waals surface area contributed by atoms with Crippen LogP contribution >= 0.6 is 11.6 Å². The maximum absolute atomic E-state index is 5.91. The highest BCUT2D eigenvalue weighted by Crippen LogP contribution is 2.49. The Morgan fingerprint density at radius 1 is 1.40 bits per heavy atom. The van der Waals surface area contributed by atoms with Gasteiger partial charge in [0, 0.05) is 25.5 Å². The van der Waals surface area contributed by atoms with Crippen molar-refractivity contribution in [1.82, 2.24) is 10.3 Å². The number of pyridine rings is 1. The first-order chi connectivity index (χ1) is 7.26. The average Bonchev–Trinajstić information content (AvgIpc) is 2.07.